The van der Waals surface area contributed by atoms with Crippen molar-refractivity contribution in [2.24, 2.45) is 0 Å². The van der Waals surface area contributed by atoms with E-state index >= 15 is 0 Å². The summed E-state index contributed by atoms with van der Waals surface area (Å²) in [5.74, 6) is 1.91. The smallest absolute Gasteiger partial charge is 0.271 e. The molecule has 0 aromatic heterocycles. The van der Waals surface area contributed by atoms with Crippen LogP contribution in [0.25, 0.3) is 0 Å². The van der Waals surface area contributed by atoms with E-state index < -0.39 is 26.4 Å². The number of nitro groups is 1. The van der Waals surface area contributed by atoms with Gasteiger partial charge >= 0.3 is 0 Å². The second kappa shape index (κ2) is 7.37. The lowest BCUT2D eigenvalue weighted by Crippen LogP contribution is -2.30. The van der Waals surface area contributed by atoms with Crippen LogP contribution in [0.15, 0.2) is 47.4 Å². The highest BCUT2D eigenvalue weighted by Crippen LogP contribution is 2.24. The average molecular weight is 372 g/mol. The lowest BCUT2D eigenvalue weighted by atomic mass is 10.1. The van der Waals surface area contributed by atoms with Gasteiger partial charge in [0.15, 0.2) is 9.84 Å². The second-order valence-corrected chi connectivity index (χ2v) is 7.50. The minimum atomic E-state index is -3.72. The van der Waals surface area contributed by atoms with E-state index in [1.807, 2.05) is 0 Å². The van der Waals surface area contributed by atoms with Crippen LogP contribution in [0.4, 0.5) is 11.4 Å². The van der Waals surface area contributed by atoms with Crippen LogP contribution in [-0.4, -0.2) is 32.0 Å². The molecule has 2 rings (SSSR count). The second-order valence-electron chi connectivity index (χ2n) is 5.49. The third-order valence-corrected chi connectivity index (χ3v) is 4.76. The molecule has 0 bridgehead atoms. The molecule has 0 aliphatic heterocycles. The first kappa shape index (κ1) is 19.1. The number of amides is 1. The Hall–Kier alpha value is -3.18. The van der Waals surface area contributed by atoms with Gasteiger partial charge in [0.05, 0.1) is 9.82 Å². The summed E-state index contributed by atoms with van der Waals surface area (Å²) in [6, 6.07) is 9.84. The Morgan fingerprint density at radius 3 is 2.50 bits per heavy atom. The molecule has 8 heteroatoms. The van der Waals surface area contributed by atoms with E-state index in [4.69, 9.17) is 6.42 Å². The summed E-state index contributed by atoms with van der Waals surface area (Å²) in [6.45, 7) is 2.00. The van der Waals surface area contributed by atoms with Crippen molar-refractivity contribution < 1.29 is 18.1 Å². The van der Waals surface area contributed by atoms with Crippen molar-refractivity contribution in [3.63, 3.8) is 0 Å². The SMILES string of the molecule is C#Cc1cccc(N(CC)C(=O)c2cc([N+](=O)[O-])cc(S(C)(=O)=O)c2)c1. The zero-order valence-corrected chi connectivity index (χ0v) is 15.0. The Bertz CT molecular complexity index is 1020. The molecule has 0 saturated heterocycles. The van der Waals surface area contributed by atoms with Crippen LogP contribution in [0.1, 0.15) is 22.8 Å². The number of carbonyl (C=O) groups excluding carboxylic acids is 1. The molecule has 2 aromatic rings. The number of hydrogen-bond donors (Lipinski definition) is 0. The van der Waals surface area contributed by atoms with Crippen LogP contribution >= 0.6 is 0 Å². The van der Waals surface area contributed by atoms with Crippen molar-refractivity contribution in [1.29, 1.82) is 0 Å². The molecule has 1 amide bonds. The molecule has 0 N–H and O–H groups in total. The van der Waals surface area contributed by atoms with Crippen LogP contribution in [0.2, 0.25) is 0 Å². The van der Waals surface area contributed by atoms with Crippen molar-refractivity contribution in [2.45, 2.75) is 11.8 Å². The normalized spacial score (nSPS) is 10.8. The fourth-order valence-electron chi connectivity index (χ4n) is 2.39. The number of nitrogens with zero attached hydrogens (tertiary/aromatic N) is 2. The topological polar surface area (TPSA) is 97.6 Å². The van der Waals surface area contributed by atoms with Crippen molar-refractivity contribution in [2.75, 3.05) is 17.7 Å². The maximum absolute atomic E-state index is 12.9. The van der Waals surface area contributed by atoms with E-state index in [9.17, 15) is 23.3 Å². The van der Waals surface area contributed by atoms with Crippen LogP contribution < -0.4 is 4.90 Å². The first-order valence-electron chi connectivity index (χ1n) is 7.55. The molecule has 0 radical (unpaired) electrons. The Kier molecular flexibility index (Phi) is 5.43. The number of rotatable bonds is 5. The van der Waals surface area contributed by atoms with Gasteiger partial charge in [-0.1, -0.05) is 12.0 Å². The summed E-state index contributed by atoms with van der Waals surface area (Å²) < 4.78 is 23.6. The number of sulfone groups is 1. The molecule has 134 valence electrons. The number of nitro benzene ring substituents is 1. The van der Waals surface area contributed by atoms with Gasteiger partial charge in [-0.2, -0.15) is 0 Å². The maximum atomic E-state index is 12.9. The van der Waals surface area contributed by atoms with Crippen molar-refractivity contribution in [1.82, 2.24) is 0 Å². The number of terminal acetylenes is 1. The Morgan fingerprint density at radius 1 is 1.27 bits per heavy atom. The largest absolute Gasteiger partial charge is 0.309 e. The van der Waals surface area contributed by atoms with Gasteiger partial charge in [0.2, 0.25) is 0 Å². The van der Waals surface area contributed by atoms with Crippen LogP contribution in [0, 0.1) is 22.5 Å². The molecule has 0 spiro atoms. The fourth-order valence-corrected chi connectivity index (χ4v) is 3.07. The predicted octanol–water partition coefficient (Wildman–Crippen LogP) is 2.65. The molecule has 26 heavy (non-hydrogen) atoms. The summed E-state index contributed by atoms with van der Waals surface area (Å²) in [4.78, 5) is 24.3. The van der Waals surface area contributed by atoms with Gasteiger partial charge in [-0.05, 0) is 31.2 Å². The van der Waals surface area contributed by atoms with Gasteiger partial charge in [-0.3, -0.25) is 14.9 Å². The molecule has 0 fully saturated rings. The zero-order valence-electron chi connectivity index (χ0n) is 14.2. The number of anilines is 1. The summed E-state index contributed by atoms with van der Waals surface area (Å²) in [5, 5.41) is 11.1. The lowest BCUT2D eigenvalue weighted by molar-refractivity contribution is -0.385. The number of carbonyl (C=O) groups is 1. The summed E-state index contributed by atoms with van der Waals surface area (Å²) in [5.41, 5.74) is 0.530. The van der Waals surface area contributed by atoms with Crippen molar-refractivity contribution in [3.8, 4) is 12.3 Å². The van der Waals surface area contributed by atoms with Gasteiger partial charge in [-0.25, -0.2) is 8.42 Å². The Morgan fingerprint density at radius 2 is 1.96 bits per heavy atom. The molecule has 0 atom stereocenters. The van der Waals surface area contributed by atoms with Crippen LogP contribution in [0.5, 0.6) is 0 Å². The molecule has 0 aliphatic carbocycles. The minimum Gasteiger partial charge on any atom is -0.309 e. The van der Waals surface area contributed by atoms with Gasteiger partial charge < -0.3 is 4.90 Å². The van der Waals surface area contributed by atoms with Gasteiger partial charge in [-0.15, -0.1) is 6.42 Å². The quantitative estimate of drug-likeness (QED) is 0.456. The highest BCUT2D eigenvalue weighted by Gasteiger charge is 2.22. The zero-order chi connectivity index (χ0) is 19.5. The van der Waals surface area contributed by atoms with Crippen LogP contribution in [0.3, 0.4) is 0 Å². The molecule has 7 nitrogen and oxygen atoms in total. The molecular weight excluding hydrogens is 356 g/mol. The number of non-ortho nitro benzene ring substituents is 1. The number of benzene rings is 2. The third kappa shape index (κ3) is 4.07. The summed E-state index contributed by atoms with van der Waals surface area (Å²) >= 11 is 0. The van der Waals surface area contributed by atoms with Gasteiger partial charge in [0.25, 0.3) is 11.6 Å². The molecule has 0 saturated carbocycles. The van der Waals surface area contributed by atoms with E-state index in [0.29, 0.717) is 11.3 Å². The van der Waals surface area contributed by atoms with Crippen LogP contribution in [-0.2, 0) is 9.84 Å². The van der Waals surface area contributed by atoms with E-state index in [1.54, 1.807) is 31.2 Å². The van der Waals surface area contributed by atoms with Gasteiger partial charge in [0.1, 0.15) is 0 Å². The lowest BCUT2D eigenvalue weighted by Gasteiger charge is -2.21. The highest BCUT2D eigenvalue weighted by molar-refractivity contribution is 7.90. The standard InChI is InChI=1S/C18H16N2O5S/c1-4-13-7-6-8-15(9-13)19(5-2)18(21)14-10-16(20(22)23)12-17(11-14)26(3,24)25/h1,6-12H,5H2,2-3H3. The highest BCUT2D eigenvalue weighted by atomic mass is 32.2. The predicted molar refractivity (Wildman–Crippen MR) is 97.9 cm³/mol. The monoisotopic (exact) mass is 372 g/mol. The average Bonchev–Trinajstić information content (AvgIpc) is 2.61. The van der Waals surface area contributed by atoms with Gasteiger partial charge in [0, 0.05) is 41.7 Å². The van der Waals surface area contributed by atoms with Crippen molar-refractivity contribution >= 4 is 27.1 Å². The fraction of sp³-hybridized carbons (Fsp3) is 0.167. The minimum absolute atomic E-state index is 0.0902. The summed E-state index contributed by atoms with van der Waals surface area (Å²) in [7, 11) is -3.72. The number of hydrogen-bond acceptors (Lipinski definition) is 5. The van der Waals surface area contributed by atoms with E-state index in [2.05, 4.69) is 5.92 Å². The van der Waals surface area contributed by atoms with E-state index in [1.165, 1.54) is 4.90 Å². The Labute approximate surface area is 151 Å². The first-order chi connectivity index (χ1) is 12.2. The van der Waals surface area contributed by atoms with Crippen molar-refractivity contribution in [3.05, 3.63) is 63.7 Å². The maximum Gasteiger partial charge on any atom is 0.271 e. The van der Waals surface area contributed by atoms with E-state index in [-0.39, 0.29) is 17.0 Å². The van der Waals surface area contributed by atoms with E-state index in [0.717, 1.165) is 24.5 Å². The Balaban J connectivity index is 2.58. The third-order valence-electron chi connectivity index (χ3n) is 3.66. The molecular formula is C18H16N2O5S. The summed E-state index contributed by atoms with van der Waals surface area (Å²) in [6.07, 6.45) is 6.30. The first-order valence-corrected chi connectivity index (χ1v) is 9.44. The molecule has 0 unspecified atom stereocenters. The molecule has 0 heterocycles. The molecule has 0 aliphatic rings. The molecule has 2 aromatic carbocycles.